The van der Waals surface area contributed by atoms with Crippen LogP contribution in [0.25, 0.3) is 0 Å². The van der Waals surface area contributed by atoms with Crippen LogP contribution in [-0.2, 0) is 6.54 Å². The van der Waals surface area contributed by atoms with Gasteiger partial charge in [-0.2, -0.15) is 0 Å². The minimum absolute atomic E-state index is 0.765. The molecule has 20 heavy (non-hydrogen) atoms. The molecule has 1 aromatic rings. The molecule has 0 radical (unpaired) electrons. The molecule has 1 aromatic carbocycles. The zero-order valence-electron chi connectivity index (χ0n) is 12.2. The number of hydrogen-bond donors (Lipinski definition) is 1. The molecule has 4 heteroatoms. The van der Waals surface area contributed by atoms with E-state index in [4.69, 9.17) is 0 Å². The first kappa shape index (κ1) is 14.4. The van der Waals surface area contributed by atoms with Gasteiger partial charge in [-0.05, 0) is 60.1 Å². The summed E-state index contributed by atoms with van der Waals surface area (Å²) in [7, 11) is 1.99. The van der Waals surface area contributed by atoms with Crippen molar-refractivity contribution in [3.63, 3.8) is 0 Å². The van der Waals surface area contributed by atoms with Crippen LogP contribution in [0.1, 0.15) is 24.8 Å². The Bertz CT molecular complexity index is 463. The molecule has 0 aromatic heterocycles. The van der Waals surface area contributed by atoms with Crippen molar-refractivity contribution >= 4 is 21.6 Å². The molecule has 0 bridgehead atoms. The predicted molar refractivity (Wildman–Crippen MR) is 88.3 cm³/mol. The molecule has 0 spiro atoms. The first-order valence-corrected chi connectivity index (χ1v) is 8.49. The molecule has 1 N–H and O–H groups in total. The van der Waals surface area contributed by atoms with E-state index in [0.29, 0.717) is 0 Å². The van der Waals surface area contributed by atoms with Crippen LogP contribution in [0.2, 0.25) is 0 Å². The van der Waals surface area contributed by atoms with Crippen LogP contribution < -0.4 is 10.2 Å². The molecule has 110 valence electrons. The molecule has 2 fully saturated rings. The molecule has 2 heterocycles. The molecule has 3 nitrogen and oxygen atoms in total. The van der Waals surface area contributed by atoms with Gasteiger partial charge in [0.25, 0.3) is 0 Å². The Hall–Kier alpha value is -0.580. The molecule has 2 aliphatic heterocycles. The van der Waals surface area contributed by atoms with E-state index in [0.717, 1.165) is 19.1 Å². The van der Waals surface area contributed by atoms with E-state index in [9.17, 15) is 0 Å². The standard InChI is InChI=1S/C16H24BrN3/c1-18-11-13-5-6-16(15(17)10-13)20-9-8-19-7-3-2-4-14(19)12-20/h5-6,10,14,18H,2-4,7-9,11-12H2,1H3. The Morgan fingerprint density at radius 3 is 2.95 bits per heavy atom. The summed E-state index contributed by atoms with van der Waals surface area (Å²) in [6.07, 6.45) is 4.15. The summed E-state index contributed by atoms with van der Waals surface area (Å²) in [5.41, 5.74) is 2.69. The van der Waals surface area contributed by atoms with Crippen LogP contribution in [0, 0.1) is 0 Å². The Balaban J connectivity index is 1.72. The second kappa shape index (κ2) is 6.46. The van der Waals surface area contributed by atoms with Crippen molar-refractivity contribution in [1.29, 1.82) is 0 Å². The second-order valence-electron chi connectivity index (χ2n) is 5.95. The number of hydrogen-bond acceptors (Lipinski definition) is 3. The van der Waals surface area contributed by atoms with E-state index in [1.54, 1.807) is 0 Å². The lowest BCUT2D eigenvalue weighted by molar-refractivity contribution is 0.133. The Labute approximate surface area is 130 Å². The largest absolute Gasteiger partial charge is 0.368 e. The van der Waals surface area contributed by atoms with Gasteiger partial charge in [0.05, 0.1) is 5.69 Å². The Kier molecular flexibility index (Phi) is 4.64. The monoisotopic (exact) mass is 337 g/mol. The molecule has 1 atom stereocenters. The topological polar surface area (TPSA) is 18.5 Å². The van der Waals surface area contributed by atoms with Crippen molar-refractivity contribution in [2.75, 3.05) is 38.1 Å². The van der Waals surface area contributed by atoms with Gasteiger partial charge >= 0.3 is 0 Å². The Morgan fingerprint density at radius 2 is 2.15 bits per heavy atom. The van der Waals surface area contributed by atoms with Crippen molar-refractivity contribution in [2.24, 2.45) is 0 Å². The van der Waals surface area contributed by atoms with E-state index in [1.807, 2.05) is 7.05 Å². The summed E-state index contributed by atoms with van der Waals surface area (Å²) in [5.74, 6) is 0. The molecule has 0 saturated carbocycles. The number of rotatable bonds is 3. The fraction of sp³-hybridized carbons (Fsp3) is 0.625. The van der Waals surface area contributed by atoms with Crippen LogP contribution in [0.5, 0.6) is 0 Å². The minimum atomic E-state index is 0.765. The quantitative estimate of drug-likeness (QED) is 0.914. The first-order chi connectivity index (χ1) is 9.78. The summed E-state index contributed by atoms with van der Waals surface area (Å²) in [6, 6.07) is 7.53. The molecule has 3 rings (SSSR count). The first-order valence-electron chi connectivity index (χ1n) is 7.70. The maximum Gasteiger partial charge on any atom is 0.0511 e. The maximum atomic E-state index is 3.76. The second-order valence-corrected chi connectivity index (χ2v) is 6.80. The highest BCUT2D eigenvalue weighted by molar-refractivity contribution is 9.10. The van der Waals surface area contributed by atoms with Gasteiger partial charge in [-0.15, -0.1) is 0 Å². The van der Waals surface area contributed by atoms with Gasteiger partial charge in [0.1, 0.15) is 0 Å². The molecular formula is C16H24BrN3. The molecule has 2 saturated heterocycles. The van der Waals surface area contributed by atoms with Crippen molar-refractivity contribution < 1.29 is 0 Å². The van der Waals surface area contributed by atoms with E-state index >= 15 is 0 Å². The zero-order chi connectivity index (χ0) is 13.9. The number of benzene rings is 1. The highest BCUT2D eigenvalue weighted by atomic mass is 79.9. The fourth-order valence-corrected chi connectivity index (χ4v) is 4.17. The van der Waals surface area contributed by atoms with Gasteiger partial charge in [0, 0.05) is 36.7 Å². The normalized spacial score (nSPS) is 23.7. The molecule has 1 unspecified atom stereocenters. The highest BCUT2D eigenvalue weighted by Gasteiger charge is 2.29. The van der Waals surface area contributed by atoms with E-state index < -0.39 is 0 Å². The molecule has 0 amide bonds. The number of piperazine rings is 1. The summed E-state index contributed by atoms with van der Waals surface area (Å²) in [5, 5.41) is 3.21. The van der Waals surface area contributed by atoms with Crippen molar-refractivity contribution in [1.82, 2.24) is 10.2 Å². The van der Waals surface area contributed by atoms with Gasteiger partial charge in [-0.25, -0.2) is 0 Å². The minimum Gasteiger partial charge on any atom is -0.368 e. The number of nitrogens with one attached hydrogen (secondary N) is 1. The predicted octanol–water partition coefficient (Wildman–Crippen LogP) is 2.84. The van der Waals surface area contributed by atoms with Gasteiger partial charge in [-0.3, -0.25) is 4.90 Å². The fourth-order valence-electron chi connectivity index (χ4n) is 3.50. The molecule has 2 aliphatic rings. The van der Waals surface area contributed by atoms with Crippen molar-refractivity contribution in [3.05, 3.63) is 28.2 Å². The summed E-state index contributed by atoms with van der Waals surface area (Å²) < 4.78 is 1.23. The van der Waals surface area contributed by atoms with Crippen molar-refractivity contribution in [2.45, 2.75) is 31.8 Å². The smallest absolute Gasteiger partial charge is 0.0511 e. The van der Waals surface area contributed by atoms with Gasteiger partial charge in [0.15, 0.2) is 0 Å². The average Bonchev–Trinajstić information content (AvgIpc) is 2.47. The number of halogens is 1. The number of piperidine rings is 1. The summed E-state index contributed by atoms with van der Waals surface area (Å²) in [6.45, 7) is 5.79. The van der Waals surface area contributed by atoms with E-state index in [2.05, 4.69) is 49.2 Å². The highest BCUT2D eigenvalue weighted by Crippen LogP contribution is 2.31. The number of nitrogens with zero attached hydrogens (tertiary/aromatic N) is 2. The number of anilines is 1. The van der Waals surface area contributed by atoms with Crippen LogP contribution >= 0.6 is 15.9 Å². The Morgan fingerprint density at radius 1 is 1.25 bits per heavy atom. The van der Waals surface area contributed by atoms with Gasteiger partial charge in [0.2, 0.25) is 0 Å². The lowest BCUT2D eigenvalue weighted by Crippen LogP contribution is -2.55. The molecular weight excluding hydrogens is 314 g/mol. The van der Waals surface area contributed by atoms with Crippen LogP contribution in [-0.4, -0.2) is 44.2 Å². The third kappa shape index (κ3) is 3.02. The SMILES string of the molecule is CNCc1ccc(N2CCN3CCCCC3C2)c(Br)c1. The number of fused-ring (bicyclic) bond motifs is 1. The zero-order valence-corrected chi connectivity index (χ0v) is 13.8. The lowest BCUT2D eigenvalue weighted by Gasteiger charge is -2.45. The van der Waals surface area contributed by atoms with E-state index in [1.165, 1.54) is 54.6 Å². The average molecular weight is 338 g/mol. The third-order valence-electron chi connectivity index (χ3n) is 4.57. The van der Waals surface area contributed by atoms with E-state index in [-0.39, 0.29) is 0 Å². The summed E-state index contributed by atoms with van der Waals surface area (Å²) >= 11 is 3.76. The molecule has 0 aliphatic carbocycles. The van der Waals surface area contributed by atoms with Crippen LogP contribution in [0.3, 0.4) is 0 Å². The lowest BCUT2D eigenvalue weighted by atomic mass is 9.99. The maximum absolute atomic E-state index is 3.76. The van der Waals surface area contributed by atoms with Crippen LogP contribution in [0.4, 0.5) is 5.69 Å². The van der Waals surface area contributed by atoms with Crippen LogP contribution in [0.15, 0.2) is 22.7 Å². The van der Waals surface area contributed by atoms with Gasteiger partial charge < -0.3 is 10.2 Å². The van der Waals surface area contributed by atoms with Crippen molar-refractivity contribution in [3.8, 4) is 0 Å². The van der Waals surface area contributed by atoms with Gasteiger partial charge in [-0.1, -0.05) is 12.5 Å². The third-order valence-corrected chi connectivity index (χ3v) is 5.21. The summed E-state index contributed by atoms with van der Waals surface area (Å²) in [4.78, 5) is 5.24.